The Morgan fingerprint density at radius 1 is 1.62 bits per heavy atom. The van der Waals surface area contributed by atoms with Gasteiger partial charge >= 0.3 is 0 Å². The summed E-state index contributed by atoms with van der Waals surface area (Å²) in [5.41, 5.74) is 0.528. The molecule has 0 saturated carbocycles. The maximum atomic E-state index is 8.32. The van der Waals surface area contributed by atoms with Crippen LogP contribution in [0, 0.1) is 6.61 Å². The van der Waals surface area contributed by atoms with Crippen molar-refractivity contribution < 1.29 is 5.11 Å². The standard InChI is InChI=1S/C5H5N2O/c8-3-5-1-2-6-4-7-5/h1-4,8H. The molecule has 0 unspecified atom stereocenters. The summed E-state index contributed by atoms with van der Waals surface area (Å²) in [5.74, 6) is 0. The number of hydrogen-bond donors (Lipinski definition) is 1. The van der Waals surface area contributed by atoms with E-state index in [0.29, 0.717) is 5.69 Å². The molecule has 1 rings (SSSR count). The highest BCUT2D eigenvalue weighted by Crippen LogP contribution is 1.89. The van der Waals surface area contributed by atoms with Crippen LogP contribution in [0.25, 0.3) is 0 Å². The van der Waals surface area contributed by atoms with E-state index in [0.717, 1.165) is 6.61 Å². The Morgan fingerprint density at radius 2 is 2.50 bits per heavy atom. The number of aliphatic hydroxyl groups is 1. The van der Waals surface area contributed by atoms with E-state index in [1.165, 1.54) is 6.33 Å². The van der Waals surface area contributed by atoms with Gasteiger partial charge in [-0.15, -0.1) is 0 Å². The van der Waals surface area contributed by atoms with E-state index < -0.39 is 0 Å². The smallest absolute Gasteiger partial charge is 0.128 e. The summed E-state index contributed by atoms with van der Waals surface area (Å²) < 4.78 is 0. The lowest BCUT2D eigenvalue weighted by Gasteiger charge is -1.86. The summed E-state index contributed by atoms with van der Waals surface area (Å²) in [5, 5.41) is 8.32. The van der Waals surface area contributed by atoms with Crippen LogP contribution in [0.3, 0.4) is 0 Å². The molecule has 3 nitrogen and oxygen atoms in total. The lowest BCUT2D eigenvalue weighted by molar-refractivity contribution is 0.410. The van der Waals surface area contributed by atoms with Gasteiger partial charge in [-0.1, -0.05) is 0 Å². The summed E-state index contributed by atoms with van der Waals surface area (Å²) in [6, 6.07) is 1.61. The van der Waals surface area contributed by atoms with Gasteiger partial charge in [0.05, 0.1) is 5.69 Å². The number of hydrogen-bond acceptors (Lipinski definition) is 3. The van der Waals surface area contributed by atoms with Crippen LogP contribution in [0.5, 0.6) is 0 Å². The number of nitrogens with zero attached hydrogens (tertiary/aromatic N) is 2. The number of aromatic nitrogens is 2. The summed E-state index contributed by atoms with van der Waals surface area (Å²) in [4.78, 5) is 7.33. The average molecular weight is 109 g/mol. The SMILES string of the molecule is O[CH]c1ccncn1. The first-order valence-electron chi connectivity index (χ1n) is 2.17. The number of aliphatic hydroxyl groups excluding tert-OH is 1. The van der Waals surface area contributed by atoms with Crippen molar-refractivity contribution in [3.05, 3.63) is 30.9 Å². The van der Waals surface area contributed by atoms with Crippen LogP contribution in [0.15, 0.2) is 18.6 Å². The Labute approximate surface area is 47.0 Å². The summed E-state index contributed by atoms with van der Waals surface area (Å²) >= 11 is 0. The predicted octanol–water partition coefficient (Wildman–Crippen LogP) is 0.359. The molecule has 1 heterocycles. The molecule has 8 heavy (non-hydrogen) atoms. The van der Waals surface area contributed by atoms with Gasteiger partial charge in [-0.25, -0.2) is 9.97 Å². The van der Waals surface area contributed by atoms with Crippen LogP contribution in [0.4, 0.5) is 0 Å². The Bertz CT molecular complexity index is 152. The third-order valence-electron chi connectivity index (χ3n) is 0.737. The molecule has 3 heteroatoms. The summed E-state index contributed by atoms with van der Waals surface area (Å²) in [6.07, 6.45) is 2.94. The van der Waals surface area contributed by atoms with Crippen molar-refractivity contribution in [1.29, 1.82) is 0 Å². The van der Waals surface area contributed by atoms with Gasteiger partial charge in [0.1, 0.15) is 12.9 Å². The predicted molar refractivity (Wildman–Crippen MR) is 27.4 cm³/mol. The lowest BCUT2D eigenvalue weighted by Crippen LogP contribution is -1.84. The van der Waals surface area contributed by atoms with Gasteiger partial charge < -0.3 is 5.11 Å². The molecule has 0 aliphatic rings. The first-order chi connectivity index (χ1) is 3.93. The molecule has 0 amide bonds. The third-order valence-corrected chi connectivity index (χ3v) is 0.737. The largest absolute Gasteiger partial charge is 0.384 e. The fourth-order valence-electron chi connectivity index (χ4n) is 0.377. The highest BCUT2D eigenvalue weighted by molar-refractivity contribution is 5.03. The van der Waals surface area contributed by atoms with Crippen LogP contribution >= 0.6 is 0 Å². The topological polar surface area (TPSA) is 46.0 Å². The van der Waals surface area contributed by atoms with E-state index in [1.807, 2.05) is 0 Å². The van der Waals surface area contributed by atoms with Crippen molar-refractivity contribution in [2.45, 2.75) is 0 Å². The van der Waals surface area contributed by atoms with Gasteiger partial charge in [-0.2, -0.15) is 0 Å². The molecule has 41 valence electrons. The first kappa shape index (κ1) is 5.18. The van der Waals surface area contributed by atoms with Crippen LogP contribution in [-0.4, -0.2) is 15.1 Å². The Morgan fingerprint density at radius 3 is 2.88 bits per heavy atom. The van der Waals surface area contributed by atoms with E-state index in [4.69, 9.17) is 5.11 Å². The monoisotopic (exact) mass is 109 g/mol. The van der Waals surface area contributed by atoms with Gasteiger partial charge in [0.25, 0.3) is 0 Å². The molecular formula is C5H5N2O. The zero-order valence-electron chi connectivity index (χ0n) is 4.15. The highest BCUT2D eigenvalue weighted by Gasteiger charge is 1.84. The molecule has 1 radical (unpaired) electrons. The van der Waals surface area contributed by atoms with Gasteiger partial charge in [0.15, 0.2) is 0 Å². The van der Waals surface area contributed by atoms with Gasteiger partial charge in [-0.05, 0) is 6.07 Å². The molecule has 0 aliphatic carbocycles. The zero-order valence-corrected chi connectivity index (χ0v) is 4.15. The van der Waals surface area contributed by atoms with E-state index in [-0.39, 0.29) is 0 Å². The van der Waals surface area contributed by atoms with Crippen LogP contribution in [0.2, 0.25) is 0 Å². The van der Waals surface area contributed by atoms with E-state index in [1.54, 1.807) is 12.3 Å². The molecule has 1 aromatic rings. The van der Waals surface area contributed by atoms with Crippen LogP contribution in [0.1, 0.15) is 5.69 Å². The highest BCUT2D eigenvalue weighted by atomic mass is 16.3. The van der Waals surface area contributed by atoms with Crippen molar-refractivity contribution in [3.8, 4) is 0 Å². The van der Waals surface area contributed by atoms with Crippen molar-refractivity contribution in [1.82, 2.24) is 9.97 Å². The second-order valence-electron chi connectivity index (χ2n) is 1.26. The van der Waals surface area contributed by atoms with Crippen molar-refractivity contribution in [3.63, 3.8) is 0 Å². The molecule has 0 atom stereocenters. The molecule has 1 N–H and O–H groups in total. The fraction of sp³-hybridized carbons (Fsp3) is 0. The molecule has 0 spiro atoms. The van der Waals surface area contributed by atoms with E-state index >= 15 is 0 Å². The normalized spacial score (nSPS) is 9.12. The Kier molecular flexibility index (Phi) is 1.54. The maximum Gasteiger partial charge on any atom is 0.128 e. The maximum absolute atomic E-state index is 8.32. The van der Waals surface area contributed by atoms with Crippen molar-refractivity contribution in [2.75, 3.05) is 0 Å². The molecule has 0 aromatic carbocycles. The zero-order chi connectivity index (χ0) is 5.82. The van der Waals surface area contributed by atoms with Gasteiger partial charge in [0.2, 0.25) is 0 Å². The quantitative estimate of drug-likeness (QED) is 0.566. The minimum Gasteiger partial charge on any atom is -0.384 e. The van der Waals surface area contributed by atoms with Crippen molar-refractivity contribution in [2.24, 2.45) is 0 Å². The second kappa shape index (κ2) is 2.37. The van der Waals surface area contributed by atoms with Crippen LogP contribution in [-0.2, 0) is 0 Å². The summed E-state index contributed by atoms with van der Waals surface area (Å²) in [6.45, 7) is 0.932. The van der Waals surface area contributed by atoms with E-state index in [9.17, 15) is 0 Å². The Hall–Kier alpha value is -0.960. The van der Waals surface area contributed by atoms with Gasteiger partial charge in [0, 0.05) is 6.20 Å². The average Bonchev–Trinajstić information content (AvgIpc) is 1.90. The minimum atomic E-state index is 0.528. The fourth-order valence-corrected chi connectivity index (χ4v) is 0.377. The van der Waals surface area contributed by atoms with Crippen molar-refractivity contribution >= 4 is 0 Å². The molecule has 0 bridgehead atoms. The van der Waals surface area contributed by atoms with Gasteiger partial charge in [-0.3, -0.25) is 0 Å². The third kappa shape index (κ3) is 1.01. The molecule has 0 saturated heterocycles. The summed E-state index contributed by atoms with van der Waals surface area (Å²) in [7, 11) is 0. The minimum absolute atomic E-state index is 0.528. The molecule has 0 aliphatic heterocycles. The first-order valence-corrected chi connectivity index (χ1v) is 2.17. The lowest BCUT2D eigenvalue weighted by atomic mass is 10.4. The Balaban J connectivity index is 2.83. The number of rotatable bonds is 1. The van der Waals surface area contributed by atoms with Crippen LogP contribution < -0.4 is 0 Å². The molecular weight excluding hydrogens is 104 g/mol. The molecule has 0 fully saturated rings. The second-order valence-corrected chi connectivity index (χ2v) is 1.26. The van der Waals surface area contributed by atoms with E-state index in [2.05, 4.69) is 9.97 Å². The molecule has 1 aromatic heterocycles.